The van der Waals surface area contributed by atoms with E-state index in [1.54, 1.807) is 5.57 Å². The Labute approximate surface area is 183 Å². The van der Waals surface area contributed by atoms with Crippen LogP contribution < -0.4 is 5.32 Å². The first-order valence-corrected chi connectivity index (χ1v) is 12.7. The molecule has 30 heavy (non-hydrogen) atoms. The molecule has 2 heterocycles. The molecule has 3 nitrogen and oxygen atoms in total. The minimum Gasteiger partial charge on any atom is -0.393 e. The molecule has 2 saturated heterocycles. The minimum atomic E-state index is -0.123. The van der Waals surface area contributed by atoms with Gasteiger partial charge in [-0.05, 0) is 93.9 Å². The highest BCUT2D eigenvalue weighted by molar-refractivity contribution is 5.29. The monoisotopic (exact) mass is 413 g/mol. The molecule has 2 aliphatic heterocycles. The van der Waals surface area contributed by atoms with Gasteiger partial charge in [-0.25, -0.2) is 0 Å². The van der Waals surface area contributed by atoms with Gasteiger partial charge < -0.3 is 15.2 Å². The second-order valence-corrected chi connectivity index (χ2v) is 12.1. The van der Waals surface area contributed by atoms with Crippen LogP contribution in [0.2, 0.25) is 0 Å². The molecule has 4 fully saturated rings. The van der Waals surface area contributed by atoms with Crippen LogP contribution in [0, 0.1) is 35.0 Å². The van der Waals surface area contributed by atoms with Gasteiger partial charge in [-0.1, -0.05) is 44.6 Å². The summed E-state index contributed by atoms with van der Waals surface area (Å²) in [7, 11) is 0. The molecule has 10 atom stereocenters. The quantitative estimate of drug-likeness (QED) is 0.621. The van der Waals surface area contributed by atoms with Crippen LogP contribution in [0.3, 0.4) is 0 Å². The summed E-state index contributed by atoms with van der Waals surface area (Å²) in [6.45, 7) is 15.3. The maximum absolute atomic E-state index is 10.2. The van der Waals surface area contributed by atoms with Crippen LogP contribution in [0.1, 0.15) is 79.1 Å². The van der Waals surface area contributed by atoms with Gasteiger partial charge in [0, 0.05) is 12.0 Å². The number of ether oxygens (including phenoxy) is 1. The Kier molecular flexibility index (Phi) is 5.27. The van der Waals surface area contributed by atoms with Crippen LogP contribution in [0.25, 0.3) is 0 Å². The topological polar surface area (TPSA) is 41.5 Å². The SMILES string of the molecule is C=C1CC2C(CC=C3C[C@@H](O)CC[C@@]32C)C1CC[C@@]1(C)OC2C[C@H](C)CNC2[C@H]1C. The lowest BCUT2D eigenvalue weighted by atomic mass is 9.56. The molecule has 0 amide bonds. The number of aliphatic hydroxyl groups is 1. The molecular weight excluding hydrogens is 370 g/mol. The van der Waals surface area contributed by atoms with Crippen molar-refractivity contribution in [1.29, 1.82) is 0 Å². The van der Waals surface area contributed by atoms with Crippen LogP contribution in [0.4, 0.5) is 0 Å². The summed E-state index contributed by atoms with van der Waals surface area (Å²) in [5, 5.41) is 14.0. The number of piperidine rings is 1. The fourth-order valence-electron chi connectivity index (χ4n) is 8.12. The number of fused-ring (bicyclic) bond motifs is 4. The molecule has 0 spiro atoms. The van der Waals surface area contributed by atoms with Crippen molar-refractivity contribution in [1.82, 2.24) is 5.32 Å². The summed E-state index contributed by atoms with van der Waals surface area (Å²) < 4.78 is 6.75. The normalized spacial score (nSPS) is 53.1. The Bertz CT molecular complexity index is 730. The summed E-state index contributed by atoms with van der Waals surface area (Å²) in [5.74, 6) is 3.38. The zero-order valence-corrected chi connectivity index (χ0v) is 19.6. The third-order valence-electron chi connectivity index (χ3n) is 10.3. The van der Waals surface area contributed by atoms with Crippen LogP contribution >= 0.6 is 0 Å². The molecule has 2 N–H and O–H groups in total. The molecule has 0 bridgehead atoms. The fourth-order valence-corrected chi connectivity index (χ4v) is 8.12. The molecule has 0 radical (unpaired) electrons. The molecule has 3 aliphatic carbocycles. The molecule has 0 aromatic heterocycles. The first-order valence-electron chi connectivity index (χ1n) is 12.7. The third kappa shape index (κ3) is 3.26. The van der Waals surface area contributed by atoms with Crippen molar-refractivity contribution in [2.75, 3.05) is 6.54 Å². The fraction of sp³-hybridized carbons (Fsp3) is 0.852. The number of allylic oxidation sites excluding steroid dienone is 2. The average molecular weight is 414 g/mol. The van der Waals surface area contributed by atoms with Gasteiger partial charge in [0.15, 0.2) is 0 Å². The number of nitrogens with one attached hydrogen (secondary N) is 1. The molecule has 5 unspecified atom stereocenters. The van der Waals surface area contributed by atoms with Crippen LogP contribution in [-0.2, 0) is 4.74 Å². The molecule has 5 aliphatic rings. The summed E-state index contributed by atoms with van der Waals surface area (Å²) in [5.41, 5.74) is 3.31. The largest absolute Gasteiger partial charge is 0.393 e. The zero-order valence-electron chi connectivity index (χ0n) is 19.6. The average Bonchev–Trinajstić information content (AvgIpc) is 3.15. The van der Waals surface area contributed by atoms with Gasteiger partial charge in [0.05, 0.1) is 17.8 Å². The molecule has 0 aromatic rings. The molecule has 168 valence electrons. The Morgan fingerprint density at radius 3 is 2.87 bits per heavy atom. The predicted octanol–water partition coefficient (Wildman–Crippen LogP) is 5.25. The Hall–Kier alpha value is -0.640. The standard InChI is InChI=1S/C27H43NO2/c1-16-12-24-25(28-15-16)18(3)27(5,30-24)11-9-21-17(2)13-23-22(21)7-6-19-14-20(29)8-10-26(19,23)4/h6,16,18,20-25,28-29H,2,7-15H2,1,3-5H3/t16-,18+,20-,21?,22?,23?,24?,25?,26-,27+/m0/s1. The molecule has 5 rings (SSSR count). The van der Waals surface area contributed by atoms with Crippen LogP contribution in [-0.4, -0.2) is 35.5 Å². The van der Waals surface area contributed by atoms with Crippen molar-refractivity contribution in [3.05, 3.63) is 23.8 Å². The summed E-state index contributed by atoms with van der Waals surface area (Å²) >= 11 is 0. The lowest BCUT2D eigenvalue weighted by molar-refractivity contribution is -0.0618. The highest BCUT2D eigenvalue weighted by atomic mass is 16.5. The Morgan fingerprint density at radius 1 is 1.27 bits per heavy atom. The molecular formula is C27H43NO2. The van der Waals surface area contributed by atoms with E-state index in [9.17, 15) is 5.11 Å². The highest BCUT2D eigenvalue weighted by Gasteiger charge is 2.54. The van der Waals surface area contributed by atoms with E-state index >= 15 is 0 Å². The van der Waals surface area contributed by atoms with Gasteiger partial charge in [0.2, 0.25) is 0 Å². The first kappa shape index (κ1) is 21.2. The summed E-state index contributed by atoms with van der Waals surface area (Å²) in [6, 6.07) is 0.526. The molecule has 2 saturated carbocycles. The number of hydrogen-bond acceptors (Lipinski definition) is 3. The minimum absolute atomic E-state index is 0.0146. The van der Waals surface area contributed by atoms with Gasteiger partial charge in [-0.15, -0.1) is 0 Å². The predicted molar refractivity (Wildman–Crippen MR) is 122 cm³/mol. The lowest BCUT2D eigenvalue weighted by Crippen LogP contribution is -2.48. The maximum Gasteiger partial charge on any atom is 0.0742 e. The van der Waals surface area contributed by atoms with Crippen molar-refractivity contribution in [2.45, 2.75) is 103 Å². The number of hydrogen-bond donors (Lipinski definition) is 2. The van der Waals surface area contributed by atoms with Crippen molar-refractivity contribution in [2.24, 2.45) is 35.0 Å². The Balaban J connectivity index is 1.29. The number of aliphatic hydroxyl groups excluding tert-OH is 1. The summed E-state index contributed by atoms with van der Waals surface area (Å²) in [6.07, 6.45) is 11.7. The van der Waals surface area contributed by atoms with Gasteiger partial charge >= 0.3 is 0 Å². The van der Waals surface area contributed by atoms with Gasteiger partial charge in [0.1, 0.15) is 0 Å². The van der Waals surface area contributed by atoms with E-state index in [0.717, 1.165) is 44.1 Å². The van der Waals surface area contributed by atoms with E-state index in [1.165, 1.54) is 31.3 Å². The second-order valence-electron chi connectivity index (χ2n) is 12.1. The van der Waals surface area contributed by atoms with Crippen molar-refractivity contribution in [3.63, 3.8) is 0 Å². The second kappa shape index (κ2) is 7.46. The molecule has 3 heteroatoms. The van der Waals surface area contributed by atoms with E-state index in [0.29, 0.717) is 29.9 Å². The van der Waals surface area contributed by atoms with Gasteiger partial charge in [-0.3, -0.25) is 0 Å². The van der Waals surface area contributed by atoms with Crippen molar-refractivity contribution in [3.8, 4) is 0 Å². The van der Waals surface area contributed by atoms with Crippen molar-refractivity contribution < 1.29 is 9.84 Å². The zero-order chi connectivity index (χ0) is 21.3. The Morgan fingerprint density at radius 2 is 2.07 bits per heavy atom. The van der Waals surface area contributed by atoms with Gasteiger partial charge in [-0.2, -0.15) is 0 Å². The van der Waals surface area contributed by atoms with Crippen LogP contribution in [0.15, 0.2) is 23.8 Å². The van der Waals surface area contributed by atoms with E-state index in [2.05, 4.69) is 45.7 Å². The third-order valence-corrected chi connectivity index (χ3v) is 10.3. The lowest BCUT2D eigenvalue weighted by Gasteiger charge is -2.49. The molecule has 0 aromatic carbocycles. The summed E-state index contributed by atoms with van der Waals surface area (Å²) in [4.78, 5) is 0. The smallest absolute Gasteiger partial charge is 0.0742 e. The van der Waals surface area contributed by atoms with Crippen LogP contribution in [0.5, 0.6) is 0 Å². The van der Waals surface area contributed by atoms with E-state index in [4.69, 9.17) is 4.74 Å². The van der Waals surface area contributed by atoms with E-state index in [-0.39, 0.29) is 17.1 Å². The van der Waals surface area contributed by atoms with Gasteiger partial charge in [0.25, 0.3) is 0 Å². The highest BCUT2D eigenvalue weighted by Crippen LogP contribution is 2.61. The number of rotatable bonds is 3. The maximum atomic E-state index is 10.2. The van der Waals surface area contributed by atoms with E-state index in [1.807, 2.05) is 0 Å². The first-order chi connectivity index (χ1) is 14.2. The van der Waals surface area contributed by atoms with Crippen molar-refractivity contribution >= 4 is 0 Å². The van der Waals surface area contributed by atoms with E-state index < -0.39 is 0 Å².